The topological polar surface area (TPSA) is 58.8 Å². The van der Waals surface area contributed by atoms with Crippen LogP contribution in [0.5, 0.6) is 5.75 Å². The highest BCUT2D eigenvalue weighted by atomic mass is 16.5. The molecule has 3 rings (SSSR count). The van der Waals surface area contributed by atoms with E-state index in [0.29, 0.717) is 18.8 Å². The van der Waals surface area contributed by atoms with E-state index in [1.807, 2.05) is 24.3 Å². The zero-order chi connectivity index (χ0) is 15.5. The minimum Gasteiger partial charge on any atom is -0.497 e. The fraction of sp³-hybridized carbons (Fsp3) is 0.375. The molecule has 0 bridgehead atoms. The van der Waals surface area contributed by atoms with Crippen LogP contribution in [0.4, 0.5) is 0 Å². The first kappa shape index (κ1) is 14.6. The van der Waals surface area contributed by atoms with Crippen molar-refractivity contribution in [1.29, 1.82) is 0 Å². The smallest absolute Gasteiger partial charge is 0.292 e. The van der Waals surface area contributed by atoms with Gasteiger partial charge in [-0.15, -0.1) is 0 Å². The van der Waals surface area contributed by atoms with Gasteiger partial charge in [-0.1, -0.05) is 17.3 Å². The highest BCUT2D eigenvalue weighted by molar-refractivity contribution is 5.92. The molecule has 0 atom stereocenters. The number of nitrogens with zero attached hydrogens (tertiary/aromatic N) is 3. The van der Waals surface area contributed by atoms with E-state index in [4.69, 9.17) is 9.26 Å². The van der Waals surface area contributed by atoms with Crippen molar-refractivity contribution in [3.8, 4) is 17.0 Å². The number of amides is 1. The summed E-state index contributed by atoms with van der Waals surface area (Å²) in [4.78, 5) is 16.4. The molecule has 6 heteroatoms. The van der Waals surface area contributed by atoms with Crippen molar-refractivity contribution in [2.45, 2.75) is 0 Å². The van der Waals surface area contributed by atoms with Crippen molar-refractivity contribution in [3.63, 3.8) is 0 Å². The van der Waals surface area contributed by atoms with Crippen LogP contribution >= 0.6 is 0 Å². The molecule has 0 saturated carbocycles. The minimum atomic E-state index is -0.102. The molecule has 0 radical (unpaired) electrons. The van der Waals surface area contributed by atoms with Gasteiger partial charge in [0, 0.05) is 37.8 Å². The third-order valence-corrected chi connectivity index (χ3v) is 3.88. The van der Waals surface area contributed by atoms with Gasteiger partial charge in [0.05, 0.1) is 7.11 Å². The summed E-state index contributed by atoms with van der Waals surface area (Å²) in [6.45, 7) is 3.18. The second kappa shape index (κ2) is 6.19. The summed E-state index contributed by atoms with van der Waals surface area (Å²) in [5.74, 6) is 0.921. The van der Waals surface area contributed by atoms with E-state index in [2.05, 4.69) is 17.1 Å². The van der Waals surface area contributed by atoms with Gasteiger partial charge in [-0.2, -0.15) is 0 Å². The zero-order valence-electron chi connectivity index (χ0n) is 12.8. The van der Waals surface area contributed by atoms with Crippen LogP contribution in [0.15, 0.2) is 34.9 Å². The Morgan fingerprint density at radius 2 is 2.00 bits per heavy atom. The maximum absolute atomic E-state index is 12.4. The lowest BCUT2D eigenvalue weighted by Crippen LogP contribution is -2.47. The Hall–Kier alpha value is -2.34. The average Bonchev–Trinajstić information content (AvgIpc) is 3.05. The summed E-state index contributed by atoms with van der Waals surface area (Å²) in [5.41, 5.74) is 1.50. The largest absolute Gasteiger partial charge is 0.497 e. The van der Waals surface area contributed by atoms with Gasteiger partial charge in [0.25, 0.3) is 5.91 Å². The Bertz CT molecular complexity index is 660. The molecular formula is C16H19N3O3. The Morgan fingerprint density at radius 3 is 2.73 bits per heavy atom. The molecule has 22 heavy (non-hydrogen) atoms. The van der Waals surface area contributed by atoms with Crippen LogP contribution in [0.3, 0.4) is 0 Å². The highest BCUT2D eigenvalue weighted by Crippen LogP contribution is 2.24. The van der Waals surface area contributed by atoms with Crippen molar-refractivity contribution >= 4 is 5.91 Å². The van der Waals surface area contributed by atoms with Gasteiger partial charge in [0.2, 0.25) is 5.76 Å². The number of carbonyl (C=O) groups excluding carboxylic acids is 1. The third-order valence-electron chi connectivity index (χ3n) is 3.88. The van der Waals surface area contributed by atoms with E-state index in [1.54, 1.807) is 18.1 Å². The molecular weight excluding hydrogens is 282 g/mol. The summed E-state index contributed by atoms with van der Waals surface area (Å²) in [5, 5.41) is 4.00. The number of hydrogen-bond donors (Lipinski definition) is 0. The molecule has 1 fully saturated rings. The minimum absolute atomic E-state index is 0.102. The molecule has 2 heterocycles. The summed E-state index contributed by atoms with van der Waals surface area (Å²) < 4.78 is 10.4. The van der Waals surface area contributed by atoms with Crippen LogP contribution in [0.1, 0.15) is 10.6 Å². The number of rotatable bonds is 3. The van der Waals surface area contributed by atoms with Gasteiger partial charge in [0.1, 0.15) is 11.4 Å². The number of piperazine rings is 1. The molecule has 1 aromatic carbocycles. The SMILES string of the molecule is COc1cccc(-c2cc(C(=O)N3CCN(C)CC3)on2)c1. The molecule has 1 aliphatic heterocycles. The quantitative estimate of drug-likeness (QED) is 0.864. The van der Waals surface area contributed by atoms with Gasteiger partial charge in [-0.05, 0) is 19.2 Å². The zero-order valence-corrected chi connectivity index (χ0v) is 12.8. The molecule has 0 aliphatic carbocycles. The van der Waals surface area contributed by atoms with E-state index in [-0.39, 0.29) is 11.7 Å². The summed E-state index contributed by atoms with van der Waals surface area (Å²) >= 11 is 0. The maximum Gasteiger partial charge on any atom is 0.292 e. The Labute approximate surface area is 129 Å². The van der Waals surface area contributed by atoms with Crippen molar-refractivity contribution < 1.29 is 14.1 Å². The predicted octanol–water partition coefficient (Wildman–Crippen LogP) is 1.74. The van der Waals surface area contributed by atoms with Crippen LogP contribution in [-0.4, -0.2) is 61.2 Å². The van der Waals surface area contributed by atoms with E-state index < -0.39 is 0 Å². The number of benzene rings is 1. The van der Waals surface area contributed by atoms with Crippen molar-refractivity contribution in [1.82, 2.24) is 15.0 Å². The first-order valence-electron chi connectivity index (χ1n) is 7.26. The van der Waals surface area contributed by atoms with E-state index in [0.717, 1.165) is 24.4 Å². The molecule has 0 spiro atoms. The third kappa shape index (κ3) is 2.96. The first-order chi connectivity index (χ1) is 10.7. The molecule has 1 aromatic heterocycles. The highest BCUT2D eigenvalue weighted by Gasteiger charge is 2.24. The Morgan fingerprint density at radius 1 is 1.23 bits per heavy atom. The van der Waals surface area contributed by atoms with Crippen LogP contribution in [-0.2, 0) is 0 Å². The lowest BCUT2D eigenvalue weighted by Gasteiger charge is -2.31. The van der Waals surface area contributed by atoms with Crippen LogP contribution in [0, 0.1) is 0 Å². The summed E-state index contributed by atoms with van der Waals surface area (Å²) in [6, 6.07) is 9.20. The number of methoxy groups -OCH3 is 1. The fourth-order valence-electron chi connectivity index (χ4n) is 2.46. The average molecular weight is 301 g/mol. The second-order valence-electron chi connectivity index (χ2n) is 5.40. The number of aromatic nitrogens is 1. The van der Waals surface area contributed by atoms with Crippen LogP contribution < -0.4 is 4.74 Å². The maximum atomic E-state index is 12.4. The van der Waals surface area contributed by atoms with E-state index in [9.17, 15) is 4.79 Å². The fourth-order valence-corrected chi connectivity index (χ4v) is 2.46. The predicted molar refractivity (Wildman–Crippen MR) is 81.9 cm³/mol. The standard InChI is InChI=1S/C16H19N3O3/c1-18-6-8-19(9-7-18)16(20)15-11-14(17-22-15)12-4-3-5-13(10-12)21-2/h3-5,10-11H,6-9H2,1-2H3. The monoisotopic (exact) mass is 301 g/mol. The van der Waals surface area contributed by atoms with Gasteiger partial charge >= 0.3 is 0 Å². The van der Waals surface area contributed by atoms with Gasteiger partial charge in [0.15, 0.2) is 0 Å². The molecule has 2 aromatic rings. The van der Waals surface area contributed by atoms with Crippen molar-refractivity contribution in [2.24, 2.45) is 0 Å². The molecule has 0 N–H and O–H groups in total. The Kier molecular flexibility index (Phi) is 4.11. The van der Waals surface area contributed by atoms with Gasteiger partial charge in [-0.3, -0.25) is 4.79 Å². The molecule has 1 saturated heterocycles. The molecule has 116 valence electrons. The molecule has 1 amide bonds. The summed E-state index contributed by atoms with van der Waals surface area (Å²) in [6.07, 6.45) is 0. The normalized spacial score (nSPS) is 15.8. The van der Waals surface area contributed by atoms with E-state index in [1.165, 1.54) is 0 Å². The Balaban J connectivity index is 1.77. The molecule has 1 aliphatic rings. The lowest BCUT2D eigenvalue weighted by atomic mass is 10.1. The second-order valence-corrected chi connectivity index (χ2v) is 5.40. The number of ether oxygens (including phenoxy) is 1. The van der Waals surface area contributed by atoms with Crippen LogP contribution in [0.2, 0.25) is 0 Å². The number of likely N-dealkylation sites (N-methyl/N-ethyl adjacent to an activating group) is 1. The van der Waals surface area contributed by atoms with Crippen molar-refractivity contribution in [3.05, 3.63) is 36.1 Å². The number of hydrogen-bond acceptors (Lipinski definition) is 5. The van der Waals surface area contributed by atoms with Gasteiger partial charge in [-0.25, -0.2) is 0 Å². The first-order valence-corrected chi connectivity index (χ1v) is 7.26. The van der Waals surface area contributed by atoms with Crippen molar-refractivity contribution in [2.75, 3.05) is 40.3 Å². The van der Waals surface area contributed by atoms with E-state index >= 15 is 0 Å². The van der Waals surface area contributed by atoms with Crippen LogP contribution in [0.25, 0.3) is 11.3 Å². The van der Waals surface area contributed by atoms with Gasteiger partial charge < -0.3 is 19.1 Å². The molecule has 0 unspecified atom stereocenters. The number of carbonyl (C=O) groups is 1. The lowest BCUT2D eigenvalue weighted by molar-refractivity contribution is 0.0623. The molecule has 6 nitrogen and oxygen atoms in total. The summed E-state index contributed by atoms with van der Waals surface area (Å²) in [7, 11) is 3.67.